The second-order valence-corrected chi connectivity index (χ2v) is 6.88. The second-order valence-electron chi connectivity index (χ2n) is 4.91. The maximum atomic E-state index is 6.22. The Labute approximate surface area is 147 Å². The van der Waals surface area contributed by atoms with Gasteiger partial charge in [0.2, 0.25) is 0 Å². The quantitative estimate of drug-likeness (QED) is 0.479. The summed E-state index contributed by atoms with van der Waals surface area (Å²) in [6.07, 6.45) is 1.96. The van der Waals surface area contributed by atoms with E-state index in [0.29, 0.717) is 12.5 Å². The number of rotatable bonds is 7. The van der Waals surface area contributed by atoms with Gasteiger partial charge in [0, 0.05) is 14.8 Å². The Hall–Kier alpha value is -0.510. The summed E-state index contributed by atoms with van der Waals surface area (Å²) in [5, 5.41) is 1.79. The van der Waals surface area contributed by atoms with Crippen molar-refractivity contribution >= 4 is 43.5 Å². The molecule has 0 fully saturated rings. The summed E-state index contributed by atoms with van der Waals surface area (Å²) in [7, 11) is 0. The van der Waals surface area contributed by atoms with Crippen molar-refractivity contribution in [1.29, 1.82) is 0 Å². The van der Waals surface area contributed by atoms with E-state index in [1.165, 1.54) is 5.56 Å². The van der Waals surface area contributed by atoms with Gasteiger partial charge in [-0.1, -0.05) is 61.7 Å². The summed E-state index contributed by atoms with van der Waals surface area (Å²) in [5.41, 5.74) is 1.20. The summed E-state index contributed by atoms with van der Waals surface area (Å²) >= 11 is 13.2. The molecule has 0 spiro atoms. The molecular formula is C17H17Br2ClO. The van der Waals surface area contributed by atoms with Gasteiger partial charge >= 0.3 is 0 Å². The molecule has 0 aliphatic rings. The van der Waals surface area contributed by atoms with E-state index < -0.39 is 0 Å². The number of hydrogen-bond acceptors (Lipinski definition) is 1. The Morgan fingerprint density at radius 2 is 1.76 bits per heavy atom. The fraction of sp³-hybridized carbons (Fsp3) is 0.294. The van der Waals surface area contributed by atoms with Gasteiger partial charge in [-0.3, -0.25) is 0 Å². The lowest BCUT2D eigenvalue weighted by molar-refractivity contribution is 0.285. The lowest BCUT2D eigenvalue weighted by Crippen LogP contribution is -2.11. The standard InChI is InChI=1S/C17H17Br2ClO/c18-12-13(11-14-3-1-2-4-17(14)20)9-10-21-16-7-5-15(19)6-8-16/h1-8,13H,9-12H2. The highest BCUT2D eigenvalue weighted by Crippen LogP contribution is 2.22. The van der Waals surface area contributed by atoms with Gasteiger partial charge in [0.1, 0.15) is 5.75 Å². The normalized spacial score (nSPS) is 12.1. The molecule has 2 rings (SSSR count). The molecule has 1 nitrogen and oxygen atoms in total. The molecule has 0 aliphatic carbocycles. The fourth-order valence-electron chi connectivity index (χ4n) is 2.08. The van der Waals surface area contributed by atoms with Crippen LogP contribution in [0.1, 0.15) is 12.0 Å². The van der Waals surface area contributed by atoms with Gasteiger partial charge in [0.15, 0.2) is 0 Å². The van der Waals surface area contributed by atoms with E-state index in [1.54, 1.807) is 0 Å². The molecule has 4 heteroatoms. The number of halogens is 3. The van der Waals surface area contributed by atoms with E-state index in [1.807, 2.05) is 42.5 Å². The molecule has 0 N–H and O–H groups in total. The van der Waals surface area contributed by atoms with E-state index in [2.05, 4.69) is 37.9 Å². The van der Waals surface area contributed by atoms with Crippen molar-refractivity contribution in [2.24, 2.45) is 5.92 Å². The van der Waals surface area contributed by atoms with E-state index >= 15 is 0 Å². The molecule has 2 aromatic rings. The van der Waals surface area contributed by atoms with Gasteiger partial charge in [0.05, 0.1) is 6.61 Å². The molecule has 2 aromatic carbocycles. The van der Waals surface area contributed by atoms with Crippen molar-refractivity contribution in [1.82, 2.24) is 0 Å². The molecule has 1 unspecified atom stereocenters. The van der Waals surface area contributed by atoms with Gasteiger partial charge in [0.25, 0.3) is 0 Å². The van der Waals surface area contributed by atoms with Gasteiger partial charge in [-0.05, 0) is 54.7 Å². The fourth-order valence-corrected chi connectivity index (χ4v) is 3.11. The first-order chi connectivity index (χ1) is 10.2. The van der Waals surface area contributed by atoms with E-state index in [4.69, 9.17) is 16.3 Å². The van der Waals surface area contributed by atoms with Crippen LogP contribution in [-0.4, -0.2) is 11.9 Å². The molecule has 0 saturated carbocycles. The summed E-state index contributed by atoms with van der Waals surface area (Å²) in [5.74, 6) is 1.42. The number of alkyl halides is 1. The SMILES string of the molecule is Clc1ccccc1CC(CBr)CCOc1ccc(Br)cc1. The summed E-state index contributed by atoms with van der Waals surface area (Å²) in [6, 6.07) is 16.0. The number of ether oxygens (including phenoxy) is 1. The summed E-state index contributed by atoms with van der Waals surface area (Å²) in [4.78, 5) is 0. The minimum Gasteiger partial charge on any atom is -0.494 e. The highest BCUT2D eigenvalue weighted by molar-refractivity contribution is 9.10. The molecule has 112 valence electrons. The molecule has 21 heavy (non-hydrogen) atoms. The summed E-state index contributed by atoms with van der Waals surface area (Å²) in [6.45, 7) is 0.711. The monoisotopic (exact) mass is 430 g/mol. The third-order valence-electron chi connectivity index (χ3n) is 3.29. The van der Waals surface area contributed by atoms with E-state index in [9.17, 15) is 0 Å². The predicted molar refractivity (Wildman–Crippen MR) is 96.7 cm³/mol. The topological polar surface area (TPSA) is 9.23 Å². The Bertz CT molecular complexity index is 557. The molecule has 0 bridgehead atoms. The smallest absolute Gasteiger partial charge is 0.119 e. The Morgan fingerprint density at radius 1 is 1.05 bits per heavy atom. The van der Waals surface area contributed by atoms with Crippen LogP contribution in [0.15, 0.2) is 53.0 Å². The van der Waals surface area contributed by atoms with Crippen LogP contribution in [0.5, 0.6) is 5.75 Å². The lowest BCUT2D eigenvalue weighted by atomic mass is 9.98. The van der Waals surface area contributed by atoms with Gasteiger partial charge in [-0.25, -0.2) is 0 Å². The third-order valence-corrected chi connectivity index (χ3v) is 5.11. The van der Waals surface area contributed by atoms with E-state index in [-0.39, 0.29) is 0 Å². The molecule has 0 aromatic heterocycles. The van der Waals surface area contributed by atoms with Crippen molar-refractivity contribution in [3.8, 4) is 5.75 Å². The summed E-state index contributed by atoms with van der Waals surface area (Å²) < 4.78 is 6.85. The highest BCUT2D eigenvalue weighted by atomic mass is 79.9. The molecule has 0 heterocycles. The largest absolute Gasteiger partial charge is 0.494 e. The molecule has 0 aliphatic heterocycles. The van der Waals surface area contributed by atoms with Crippen LogP contribution >= 0.6 is 43.5 Å². The first kappa shape index (κ1) is 16.9. The molecular weight excluding hydrogens is 415 g/mol. The third kappa shape index (κ3) is 5.65. The molecule has 0 saturated heterocycles. The predicted octanol–water partition coefficient (Wildman–Crippen LogP) is 6.13. The Balaban J connectivity index is 1.82. The Morgan fingerprint density at radius 3 is 2.43 bits per heavy atom. The zero-order valence-corrected chi connectivity index (χ0v) is 15.5. The van der Waals surface area contributed by atoms with Crippen molar-refractivity contribution in [3.05, 3.63) is 63.6 Å². The van der Waals surface area contributed by atoms with Crippen molar-refractivity contribution in [2.45, 2.75) is 12.8 Å². The number of hydrogen-bond donors (Lipinski definition) is 0. The van der Waals surface area contributed by atoms with Gasteiger partial charge < -0.3 is 4.74 Å². The van der Waals surface area contributed by atoms with E-state index in [0.717, 1.165) is 33.4 Å². The van der Waals surface area contributed by atoms with Crippen molar-refractivity contribution in [3.63, 3.8) is 0 Å². The van der Waals surface area contributed by atoms with Crippen molar-refractivity contribution < 1.29 is 4.74 Å². The zero-order valence-electron chi connectivity index (χ0n) is 11.6. The zero-order chi connectivity index (χ0) is 15.1. The van der Waals surface area contributed by atoms with Crippen LogP contribution in [0, 0.1) is 5.92 Å². The van der Waals surface area contributed by atoms with Crippen LogP contribution < -0.4 is 4.74 Å². The van der Waals surface area contributed by atoms with Crippen LogP contribution in [-0.2, 0) is 6.42 Å². The average Bonchev–Trinajstić information content (AvgIpc) is 2.50. The van der Waals surface area contributed by atoms with Crippen molar-refractivity contribution in [2.75, 3.05) is 11.9 Å². The van der Waals surface area contributed by atoms with Crippen LogP contribution in [0.2, 0.25) is 5.02 Å². The first-order valence-corrected chi connectivity index (χ1v) is 9.16. The minimum atomic E-state index is 0.514. The number of benzene rings is 2. The van der Waals surface area contributed by atoms with Gasteiger partial charge in [-0.15, -0.1) is 0 Å². The maximum absolute atomic E-state index is 6.22. The molecule has 0 radical (unpaired) electrons. The minimum absolute atomic E-state index is 0.514. The second kappa shape index (κ2) is 8.82. The molecule has 0 amide bonds. The average molecular weight is 433 g/mol. The maximum Gasteiger partial charge on any atom is 0.119 e. The van der Waals surface area contributed by atoms with Gasteiger partial charge in [-0.2, -0.15) is 0 Å². The lowest BCUT2D eigenvalue weighted by Gasteiger charge is -2.15. The van der Waals surface area contributed by atoms with Crippen LogP contribution in [0.25, 0.3) is 0 Å². The van der Waals surface area contributed by atoms with Crippen LogP contribution in [0.3, 0.4) is 0 Å². The van der Waals surface area contributed by atoms with Crippen LogP contribution in [0.4, 0.5) is 0 Å². The molecule has 1 atom stereocenters. The first-order valence-electron chi connectivity index (χ1n) is 6.87. The highest BCUT2D eigenvalue weighted by Gasteiger charge is 2.11. The Kier molecular flexibility index (Phi) is 7.08.